The minimum Gasteiger partial charge on any atom is -0.304 e. The van der Waals surface area contributed by atoms with Crippen molar-refractivity contribution in [2.45, 2.75) is 19.9 Å². The number of nitrogens with zero attached hydrogens (tertiary/aromatic N) is 2. The van der Waals surface area contributed by atoms with E-state index >= 15 is 0 Å². The molecule has 0 atom stereocenters. The molecule has 0 saturated carbocycles. The number of anilines is 1. The Kier molecular flexibility index (Phi) is 3.80. The third kappa shape index (κ3) is 2.60. The summed E-state index contributed by atoms with van der Waals surface area (Å²) in [6.45, 7) is 4.03. The van der Waals surface area contributed by atoms with Gasteiger partial charge in [0.1, 0.15) is 5.71 Å². The first-order chi connectivity index (χ1) is 10.1. The van der Waals surface area contributed by atoms with Crippen molar-refractivity contribution in [1.29, 1.82) is 0 Å². The highest BCUT2D eigenvalue weighted by Gasteiger charge is 2.35. The van der Waals surface area contributed by atoms with E-state index in [-0.39, 0.29) is 11.9 Å². The summed E-state index contributed by atoms with van der Waals surface area (Å²) in [6, 6.07) is 15.8. The summed E-state index contributed by atoms with van der Waals surface area (Å²) in [5.41, 5.74) is 3.20. The number of halogens is 1. The van der Waals surface area contributed by atoms with E-state index in [9.17, 15) is 4.79 Å². The van der Waals surface area contributed by atoms with Gasteiger partial charge >= 0.3 is 0 Å². The summed E-state index contributed by atoms with van der Waals surface area (Å²) >= 11 is 2.25. The number of amides is 1. The predicted octanol–water partition coefficient (Wildman–Crippen LogP) is 4.17. The van der Waals surface area contributed by atoms with Crippen LogP contribution in [0.4, 0.5) is 11.4 Å². The Hall–Kier alpha value is -1.69. The summed E-state index contributed by atoms with van der Waals surface area (Å²) in [6.07, 6.45) is 0. The van der Waals surface area contributed by atoms with E-state index < -0.39 is 0 Å². The fraction of sp³-hybridized carbons (Fsp3) is 0.176. The molecular weight excluding hydrogens is 375 g/mol. The van der Waals surface area contributed by atoms with E-state index in [1.165, 1.54) is 0 Å². The van der Waals surface area contributed by atoms with Crippen molar-refractivity contribution >= 4 is 45.6 Å². The number of hydrogen-bond donors (Lipinski definition) is 0. The van der Waals surface area contributed by atoms with Gasteiger partial charge < -0.3 is 4.90 Å². The third-order valence-electron chi connectivity index (χ3n) is 3.41. The Morgan fingerprint density at radius 3 is 2.57 bits per heavy atom. The van der Waals surface area contributed by atoms with Crippen LogP contribution in [0.2, 0.25) is 0 Å². The Balaban J connectivity index is 2.13. The molecular formula is C17H15IN2O. The molecule has 0 fully saturated rings. The summed E-state index contributed by atoms with van der Waals surface area (Å²) < 4.78 is 1.11. The maximum absolute atomic E-state index is 12.7. The van der Waals surface area contributed by atoms with Crippen molar-refractivity contribution in [2.75, 3.05) is 4.90 Å². The number of para-hydroxylation sites is 1. The lowest BCUT2D eigenvalue weighted by molar-refractivity contribution is -0.112. The molecule has 1 aliphatic heterocycles. The van der Waals surface area contributed by atoms with Crippen LogP contribution in [-0.2, 0) is 4.79 Å². The highest BCUT2D eigenvalue weighted by Crippen LogP contribution is 2.32. The molecule has 3 rings (SSSR count). The SMILES string of the molecule is CC(C)N1C(=O)C(=Nc2cccc(I)c2)c2ccccc21. The Morgan fingerprint density at radius 1 is 1.10 bits per heavy atom. The summed E-state index contributed by atoms with van der Waals surface area (Å²) in [4.78, 5) is 19.1. The second-order valence-electron chi connectivity index (χ2n) is 5.23. The number of carbonyl (C=O) groups excluding carboxylic acids is 1. The van der Waals surface area contributed by atoms with Gasteiger partial charge in [0.05, 0.1) is 11.4 Å². The molecule has 106 valence electrons. The molecule has 0 N–H and O–H groups in total. The number of rotatable bonds is 2. The van der Waals surface area contributed by atoms with Crippen molar-refractivity contribution in [3.8, 4) is 0 Å². The van der Waals surface area contributed by atoms with Gasteiger partial charge in [-0.25, -0.2) is 4.99 Å². The van der Waals surface area contributed by atoms with Crippen LogP contribution in [0.5, 0.6) is 0 Å². The molecule has 0 bridgehead atoms. The molecule has 1 amide bonds. The van der Waals surface area contributed by atoms with Crippen LogP contribution in [0.25, 0.3) is 0 Å². The number of benzene rings is 2. The number of fused-ring (bicyclic) bond motifs is 1. The van der Waals surface area contributed by atoms with Gasteiger partial charge in [-0.3, -0.25) is 4.79 Å². The lowest BCUT2D eigenvalue weighted by atomic mass is 10.1. The van der Waals surface area contributed by atoms with E-state index in [1.807, 2.05) is 67.3 Å². The van der Waals surface area contributed by atoms with Crippen LogP contribution < -0.4 is 4.90 Å². The number of hydrogen-bond acceptors (Lipinski definition) is 2. The van der Waals surface area contributed by atoms with E-state index in [4.69, 9.17) is 0 Å². The van der Waals surface area contributed by atoms with Crippen molar-refractivity contribution in [3.05, 3.63) is 57.7 Å². The van der Waals surface area contributed by atoms with Crippen LogP contribution >= 0.6 is 22.6 Å². The molecule has 0 radical (unpaired) electrons. The van der Waals surface area contributed by atoms with Crippen LogP contribution in [0.3, 0.4) is 0 Å². The molecule has 0 aromatic heterocycles. The molecule has 2 aromatic rings. The lowest BCUT2D eigenvalue weighted by Gasteiger charge is -2.20. The third-order valence-corrected chi connectivity index (χ3v) is 4.08. The fourth-order valence-electron chi connectivity index (χ4n) is 2.52. The zero-order valence-corrected chi connectivity index (χ0v) is 14.0. The second-order valence-corrected chi connectivity index (χ2v) is 6.47. The maximum Gasteiger partial charge on any atom is 0.277 e. The normalized spacial score (nSPS) is 15.9. The van der Waals surface area contributed by atoms with Crippen molar-refractivity contribution in [3.63, 3.8) is 0 Å². The van der Waals surface area contributed by atoms with Crippen molar-refractivity contribution < 1.29 is 4.79 Å². The average molecular weight is 390 g/mol. The summed E-state index contributed by atoms with van der Waals surface area (Å²) in [5.74, 6) is -0.0231. The van der Waals surface area contributed by atoms with E-state index in [0.717, 1.165) is 20.5 Å². The van der Waals surface area contributed by atoms with E-state index in [0.29, 0.717) is 5.71 Å². The lowest BCUT2D eigenvalue weighted by Crippen LogP contribution is -2.35. The van der Waals surface area contributed by atoms with Gasteiger partial charge in [0.15, 0.2) is 0 Å². The number of carbonyl (C=O) groups is 1. The van der Waals surface area contributed by atoms with Crippen LogP contribution in [-0.4, -0.2) is 17.7 Å². The largest absolute Gasteiger partial charge is 0.304 e. The molecule has 1 aliphatic rings. The average Bonchev–Trinajstić information content (AvgIpc) is 2.72. The monoisotopic (exact) mass is 390 g/mol. The predicted molar refractivity (Wildman–Crippen MR) is 94.4 cm³/mol. The Bertz CT molecular complexity index is 737. The van der Waals surface area contributed by atoms with Crippen LogP contribution in [0.15, 0.2) is 53.5 Å². The first-order valence-corrected chi connectivity index (χ1v) is 7.93. The topological polar surface area (TPSA) is 32.7 Å². The molecule has 4 heteroatoms. The zero-order chi connectivity index (χ0) is 15.0. The number of aliphatic imine (C=N–C) groups is 1. The highest BCUT2D eigenvalue weighted by atomic mass is 127. The quantitative estimate of drug-likeness (QED) is 0.709. The van der Waals surface area contributed by atoms with E-state index in [1.54, 1.807) is 0 Å². The van der Waals surface area contributed by atoms with Gasteiger partial charge in [-0.05, 0) is 60.7 Å². The standard InChI is InChI=1S/C17H15IN2O/c1-11(2)20-15-9-4-3-8-14(15)16(17(20)21)19-13-7-5-6-12(18)10-13/h3-11H,1-2H3. The van der Waals surface area contributed by atoms with Gasteiger partial charge in [0.25, 0.3) is 5.91 Å². The van der Waals surface area contributed by atoms with Gasteiger partial charge in [-0.15, -0.1) is 0 Å². The Labute approximate surface area is 137 Å². The van der Waals surface area contributed by atoms with Gasteiger partial charge in [-0.2, -0.15) is 0 Å². The maximum atomic E-state index is 12.7. The smallest absolute Gasteiger partial charge is 0.277 e. The summed E-state index contributed by atoms with van der Waals surface area (Å²) in [5, 5.41) is 0. The first kappa shape index (κ1) is 14.3. The van der Waals surface area contributed by atoms with Gasteiger partial charge in [-0.1, -0.05) is 24.3 Å². The first-order valence-electron chi connectivity index (χ1n) is 6.85. The minimum absolute atomic E-state index is 0.0231. The Morgan fingerprint density at radius 2 is 1.86 bits per heavy atom. The van der Waals surface area contributed by atoms with Crippen molar-refractivity contribution in [1.82, 2.24) is 0 Å². The van der Waals surface area contributed by atoms with Crippen molar-refractivity contribution in [2.24, 2.45) is 4.99 Å². The molecule has 0 spiro atoms. The molecule has 1 heterocycles. The summed E-state index contributed by atoms with van der Waals surface area (Å²) in [7, 11) is 0. The molecule has 0 aliphatic carbocycles. The second kappa shape index (κ2) is 5.60. The minimum atomic E-state index is -0.0231. The molecule has 0 unspecified atom stereocenters. The van der Waals surface area contributed by atoms with Crippen LogP contribution in [0, 0.1) is 3.57 Å². The highest BCUT2D eigenvalue weighted by molar-refractivity contribution is 14.1. The van der Waals surface area contributed by atoms with Gasteiger partial charge in [0.2, 0.25) is 0 Å². The fourth-order valence-corrected chi connectivity index (χ4v) is 3.04. The molecule has 3 nitrogen and oxygen atoms in total. The van der Waals surface area contributed by atoms with Crippen LogP contribution in [0.1, 0.15) is 19.4 Å². The molecule has 2 aromatic carbocycles. The van der Waals surface area contributed by atoms with E-state index in [2.05, 4.69) is 27.6 Å². The van der Waals surface area contributed by atoms with Gasteiger partial charge in [0, 0.05) is 15.2 Å². The zero-order valence-electron chi connectivity index (χ0n) is 11.9. The molecule has 21 heavy (non-hydrogen) atoms. The molecule has 0 saturated heterocycles.